The number of rotatable bonds is 1. The zero-order valence-electron chi connectivity index (χ0n) is 13.3. The Morgan fingerprint density at radius 2 is 2.00 bits per heavy atom. The number of benzene rings is 1. The summed E-state index contributed by atoms with van der Waals surface area (Å²) in [5.74, 6) is 0.419. The molecule has 0 fully saturated rings. The minimum Gasteiger partial charge on any atom is -0.352 e. The van der Waals surface area contributed by atoms with Crippen LogP contribution in [0.4, 0.5) is 0 Å². The van der Waals surface area contributed by atoms with Crippen LogP contribution in [-0.4, -0.2) is 30.2 Å². The molecular weight excluding hydrogens is 308 g/mol. The minimum absolute atomic E-state index is 0.0364. The first-order valence-corrected chi connectivity index (χ1v) is 8.75. The van der Waals surface area contributed by atoms with Crippen LogP contribution in [0.25, 0.3) is 6.08 Å². The van der Waals surface area contributed by atoms with Crippen molar-refractivity contribution in [3.8, 4) is 0 Å². The topological polar surface area (TPSA) is 58.2 Å². The molecule has 1 aromatic rings. The Morgan fingerprint density at radius 3 is 2.83 bits per heavy atom. The van der Waals surface area contributed by atoms with Gasteiger partial charge in [0.15, 0.2) is 0 Å². The third kappa shape index (κ3) is 6.48. The van der Waals surface area contributed by atoms with E-state index in [1.807, 2.05) is 18.2 Å². The van der Waals surface area contributed by atoms with Crippen molar-refractivity contribution in [3.05, 3.63) is 41.5 Å². The monoisotopic (exact) mass is 332 g/mol. The summed E-state index contributed by atoms with van der Waals surface area (Å²) in [5, 5.41) is 5.71. The molecule has 0 radical (unpaired) electrons. The van der Waals surface area contributed by atoms with Crippen molar-refractivity contribution in [1.82, 2.24) is 10.6 Å². The van der Waals surface area contributed by atoms with Crippen LogP contribution in [0.5, 0.6) is 0 Å². The van der Waals surface area contributed by atoms with Gasteiger partial charge in [0.1, 0.15) is 0 Å². The Kier molecular flexibility index (Phi) is 7.20. The third-order valence-electron chi connectivity index (χ3n) is 3.88. The molecule has 23 heavy (non-hydrogen) atoms. The van der Waals surface area contributed by atoms with Crippen molar-refractivity contribution in [3.63, 3.8) is 0 Å². The van der Waals surface area contributed by atoms with Crippen molar-refractivity contribution >= 4 is 30.5 Å². The molecule has 2 amide bonds. The fourth-order valence-electron chi connectivity index (χ4n) is 2.61. The third-order valence-corrected chi connectivity index (χ3v) is 4.32. The van der Waals surface area contributed by atoms with E-state index in [9.17, 15) is 9.59 Å². The number of hydrogen-bond donors (Lipinski definition) is 3. The molecule has 0 aromatic heterocycles. The lowest BCUT2D eigenvalue weighted by Crippen LogP contribution is -2.38. The summed E-state index contributed by atoms with van der Waals surface area (Å²) in [6.45, 7) is 0.342. The van der Waals surface area contributed by atoms with Crippen molar-refractivity contribution in [1.29, 1.82) is 0 Å². The molecule has 1 aromatic carbocycles. The minimum atomic E-state index is -0.180. The zero-order valence-corrected chi connectivity index (χ0v) is 14.1. The van der Waals surface area contributed by atoms with Crippen LogP contribution in [0.3, 0.4) is 0 Å². The number of carbonyl (C=O) groups is 2. The molecule has 4 nitrogen and oxygen atoms in total. The summed E-state index contributed by atoms with van der Waals surface area (Å²) in [5.41, 5.74) is 2.29. The first kappa shape index (κ1) is 17.6. The van der Waals surface area contributed by atoms with Gasteiger partial charge in [-0.2, -0.15) is 12.6 Å². The van der Waals surface area contributed by atoms with E-state index < -0.39 is 0 Å². The van der Waals surface area contributed by atoms with E-state index in [0.717, 1.165) is 31.2 Å². The van der Waals surface area contributed by atoms with Crippen molar-refractivity contribution in [2.24, 2.45) is 0 Å². The predicted molar refractivity (Wildman–Crippen MR) is 96.4 cm³/mol. The number of carbonyl (C=O) groups excluding carboxylic acids is 2. The summed E-state index contributed by atoms with van der Waals surface area (Å²) in [6, 6.07) is 8.33. The van der Waals surface area contributed by atoms with E-state index in [1.54, 1.807) is 0 Å². The van der Waals surface area contributed by atoms with Gasteiger partial charge < -0.3 is 10.6 Å². The molecule has 2 rings (SSSR count). The van der Waals surface area contributed by atoms with Gasteiger partial charge in [0.2, 0.25) is 11.8 Å². The van der Waals surface area contributed by atoms with Gasteiger partial charge in [-0.3, -0.25) is 9.59 Å². The standard InChI is InChI=1S/C18H24N2O2S/c21-17-9-8-15-6-3-5-14(12-15)4-1-2-7-16(13-23)20-18(22)10-11-19-17/h3,5-6,8-9,12,16,23H,1-2,4,7,10-11,13H2,(H,19,21)(H,20,22)/b9-8+. The van der Waals surface area contributed by atoms with Crippen LogP contribution in [0.1, 0.15) is 36.8 Å². The Bertz CT molecular complexity index is 572. The van der Waals surface area contributed by atoms with Crippen LogP contribution < -0.4 is 10.6 Å². The second-order valence-corrected chi connectivity index (χ2v) is 6.18. The van der Waals surface area contributed by atoms with Crippen LogP contribution in [0.2, 0.25) is 0 Å². The number of nitrogens with one attached hydrogen (secondary N) is 2. The van der Waals surface area contributed by atoms with E-state index in [1.165, 1.54) is 11.6 Å². The lowest BCUT2D eigenvalue weighted by molar-refractivity contribution is -0.121. The highest BCUT2D eigenvalue weighted by Gasteiger charge is 2.11. The Labute approximate surface area is 143 Å². The van der Waals surface area contributed by atoms with Gasteiger partial charge in [0.25, 0.3) is 0 Å². The number of amides is 2. The molecule has 0 saturated carbocycles. The summed E-state index contributed by atoms with van der Waals surface area (Å²) in [7, 11) is 0. The van der Waals surface area contributed by atoms with Gasteiger partial charge in [-0.25, -0.2) is 0 Å². The van der Waals surface area contributed by atoms with E-state index in [-0.39, 0.29) is 17.9 Å². The largest absolute Gasteiger partial charge is 0.352 e. The number of thiol groups is 1. The SMILES string of the molecule is O=C1/C=C/c2cccc(c2)CCCCC(CS)NC(=O)CCN1. The Hall–Kier alpha value is -1.75. The summed E-state index contributed by atoms with van der Waals surface area (Å²) >= 11 is 4.31. The molecule has 1 atom stereocenters. The second-order valence-electron chi connectivity index (χ2n) is 5.81. The average Bonchev–Trinajstić information content (AvgIpc) is 2.55. The lowest BCUT2D eigenvalue weighted by Gasteiger charge is -2.16. The second kappa shape index (κ2) is 9.40. The maximum Gasteiger partial charge on any atom is 0.244 e. The van der Waals surface area contributed by atoms with Gasteiger partial charge in [-0.15, -0.1) is 0 Å². The van der Waals surface area contributed by atoms with Crippen molar-refractivity contribution in [2.45, 2.75) is 38.1 Å². The fraction of sp³-hybridized carbons (Fsp3) is 0.444. The molecule has 2 N–H and O–H groups in total. The van der Waals surface area contributed by atoms with E-state index in [2.05, 4.69) is 35.4 Å². The summed E-state index contributed by atoms with van der Waals surface area (Å²) < 4.78 is 0. The van der Waals surface area contributed by atoms with Crippen LogP contribution >= 0.6 is 12.6 Å². The van der Waals surface area contributed by atoms with Crippen LogP contribution in [-0.2, 0) is 16.0 Å². The van der Waals surface area contributed by atoms with Crippen molar-refractivity contribution < 1.29 is 9.59 Å². The van der Waals surface area contributed by atoms with Crippen LogP contribution in [0.15, 0.2) is 30.3 Å². The molecule has 2 bridgehead atoms. The smallest absolute Gasteiger partial charge is 0.244 e. The first-order chi connectivity index (χ1) is 11.2. The normalized spacial score (nSPS) is 22.0. The molecule has 0 spiro atoms. The number of fused-ring (bicyclic) bond motifs is 2. The highest BCUT2D eigenvalue weighted by Crippen LogP contribution is 2.12. The highest BCUT2D eigenvalue weighted by atomic mass is 32.1. The quantitative estimate of drug-likeness (QED) is 0.692. The molecule has 0 aliphatic carbocycles. The summed E-state index contributed by atoms with van der Waals surface area (Å²) in [6.07, 6.45) is 7.68. The molecule has 0 saturated heterocycles. The van der Waals surface area contributed by atoms with Gasteiger partial charge >= 0.3 is 0 Å². The van der Waals surface area contributed by atoms with Gasteiger partial charge in [-0.05, 0) is 36.5 Å². The van der Waals surface area contributed by atoms with Gasteiger partial charge in [-0.1, -0.05) is 30.7 Å². The predicted octanol–water partition coefficient (Wildman–Crippen LogP) is 2.35. The number of hydrogen-bond acceptors (Lipinski definition) is 3. The molecule has 1 aliphatic rings. The average molecular weight is 332 g/mol. The molecule has 1 heterocycles. The Morgan fingerprint density at radius 1 is 1.13 bits per heavy atom. The lowest BCUT2D eigenvalue weighted by atomic mass is 10.0. The van der Waals surface area contributed by atoms with Crippen molar-refractivity contribution in [2.75, 3.05) is 12.3 Å². The van der Waals surface area contributed by atoms with E-state index in [4.69, 9.17) is 0 Å². The molecular formula is C18H24N2O2S. The molecule has 1 aliphatic heterocycles. The first-order valence-electron chi connectivity index (χ1n) is 8.12. The highest BCUT2D eigenvalue weighted by molar-refractivity contribution is 7.80. The van der Waals surface area contributed by atoms with Gasteiger partial charge in [0.05, 0.1) is 0 Å². The Balaban J connectivity index is 2.06. The van der Waals surface area contributed by atoms with E-state index in [0.29, 0.717) is 18.7 Å². The maximum absolute atomic E-state index is 11.9. The number of aryl methyl sites for hydroxylation is 1. The maximum atomic E-state index is 11.9. The zero-order chi connectivity index (χ0) is 16.5. The summed E-state index contributed by atoms with van der Waals surface area (Å²) in [4.78, 5) is 23.6. The molecule has 1 unspecified atom stereocenters. The van der Waals surface area contributed by atoms with E-state index >= 15 is 0 Å². The van der Waals surface area contributed by atoms with Crippen LogP contribution in [0, 0.1) is 0 Å². The molecule has 124 valence electrons. The van der Waals surface area contributed by atoms with Gasteiger partial charge in [0, 0.05) is 30.8 Å². The fourth-order valence-corrected chi connectivity index (χ4v) is 2.89. The molecule has 5 heteroatoms.